The van der Waals surface area contributed by atoms with Crippen LogP contribution in [-0.2, 0) is 16.1 Å². The van der Waals surface area contributed by atoms with E-state index in [2.05, 4.69) is 15.6 Å². The highest BCUT2D eigenvalue weighted by Crippen LogP contribution is 2.26. The highest BCUT2D eigenvalue weighted by Gasteiger charge is 2.34. The number of anilines is 1. The molecule has 1 fully saturated rings. The van der Waals surface area contributed by atoms with Crippen LogP contribution in [0.3, 0.4) is 0 Å². The Hall–Kier alpha value is -2.97. The summed E-state index contributed by atoms with van der Waals surface area (Å²) in [5, 5.41) is 16.2. The van der Waals surface area contributed by atoms with Gasteiger partial charge in [-0.2, -0.15) is 0 Å². The maximum atomic E-state index is 12.4. The van der Waals surface area contributed by atoms with Gasteiger partial charge >= 0.3 is 6.03 Å². The lowest BCUT2D eigenvalue weighted by Crippen LogP contribution is -2.51. The lowest BCUT2D eigenvalue weighted by molar-refractivity contribution is -0.155. The Kier molecular flexibility index (Phi) is 6.57. The number of aliphatic hydroxyl groups is 1. The van der Waals surface area contributed by atoms with Crippen molar-refractivity contribution in [2.75, 3.05) is 25.1 Å². The van der Waals surface area contributed by atoms with Crippen LogP contribution >= 0.6 is 0 Å². The van der Waals surface area contributed by atoms with Crippen molar-refractivity contribution in [2.45, 2.75) is 25.6 Å². The van der Waals surface area contributed by atoms with E-state index in [1.807, 2.05) is 25.1 Å². The number of ether oxygens (including phenoxy) is 1. The second kappa shape index (κ2) is 9.29. The third kappa shape index (κ3) is 4.85. The lowest BCUT2D eigenvalue weighted by Gasteiger charge is -2.38. The number of nitrogens with one attached hydrogen (secondary N) is 2. The average Bonchev–Trinajstić information content (AvgIpc) is 2.70. The Morgan fingerprint density at radius 1 is 1.32 bits per heavy atom. The van der Waals surface area contributed by atoms with Crippen LogP contribution in [0.4, 0.5) is 10.5 Å². The summed E-state index contributed by atoms with van der Waals surface area (Å²) in [6, 6.07) is 11.6. The number of carbonyl (C=O) groups excluding carboxylic acids is 2. The molecule has 1 aliphatic rings. The Morgan fingerprint density at radius 3 is 2.79 bits per heavy atom. The van der Waals surface area contributed by atoms with E-state index in [9.17, 15) is 14.7 Å². The number of urea groups is 1. The van der Waals surface area contributed by atoms with Gasteiger partial charge in [0.05, 0.1) is 24.9 Å². The van der Waals surface area contributed by atoms with Crippen LogP contribution in [0.15, 0.2) is 48.7 Å². The summed E-state index contributed by atoms with van der Waals surface area (Å²) in [4.78, 5) is 29.9. The van der Waals surface area contributed by atoms with E-state index in [1.54, 1.807) is 35.4 Å². The van der Waals surface area contributed by atoms with Crippen LogP contribution in [0.2, 0.25) is 0 Å². The van der Waals surface area contributed by atoms with Crippen LogP contribution in [0.1, 0.15) is 24.3 Å². The molecule has 148 valence electrons. The second-order valence-corrected chi connectivity index (χ2v) is 6.48. The van der Waals surface area contributed by atoms with Crippen molar-refractivity contribution in [3.05, 3.63) is 59.9 Å². The molecule has 1 aromatic carbocycles. The Labute approximate surface area is 163 Å². The Morgan fingerprint density at radius 2 is 2.11 bits per heavy atom. The van der Waals surface area contributed by atoms with E-state index in [0.717, 1.165) is 5.69 Å². The number of pyridine rings is 1. The van der Waals surface area contributed by atoms with Crippen LogP contribution in [-0.4, -0.2) is 52.7 Å². The first-order valence-electron chi connectivity index (χ1n) is 9.18. The zero-order valence-electron chi connectivity index (χ0n) is 15.7. The Bertz CT molecular complexity index is 798. The molecular formula is C20H24N4O4. The third-order valence-corrected chi connectivity index (χ3v) is 4.51. The summed E-state index contributed by atoms with van der Waals surface area (Å²) in [6.07, 6.45) is 0.748. The van der Waals surface area contributed by atoms with Crippen LogP contribution < -0.4 is 10.6 Å². The smallest absolute Gasteiger partial charge is 0.319 e. The molecule has 0 unspecified atom stereocenters. The van der Waals surface area contributed by atoms with Crippen LogP contribution in [0.5, 0.6) is 0 Å². The minimum absolute atomic E-state index is 0.00848. The highest BCUT2D eigenvalue weighted by atomic mass is 16.5. The topological polar surface area (TPSA) is 104 Å². The fourth-order valence-corrected chi connectivity index (χ4v) is 3.08. The molecule has 3 amide bonds. The molecule has 0 bridgehead atoms. The fourth-order valence-electron chi connectivity index (χ4n) is 3.08. The molecule has 0 aliphatic carbocycles. The van der Waals surface area contributed by atoms with Crippen LogP contribution in [0.25, 0.3) is 0 Å². The zero-order chi connectivity index (χ0) is 19.9. The third-order valence-electron chi connectivity index (χ3n) is 4.51. The zero-order valence-corrected chi connectivity index (χ0v) is 15.7. The number of carbonyl (C=O) groups is 2. The number of aliphatic hydroxyl groups excluding tert-OH is 1. The summed E-state index contributed by atoms with van der Waals surface area (Å²) in [6.45, 7) is 2.90. The average molecular weight is 384 g/mol. The Balaban J connectivity index is 1.72. The monoisotopic (exact) mass is 384 g/mol. The molecule has 1 aromatic heterocycles. The molecule has 1 aliphatic heterocycles. The van der Waals surface area contributed by atoms with Crippen molar-refractivity contribution >= 4 is 17.6 Å². The quantitative estimate of drug-likeness (QED) is 0.703. The number of aromatic nitrogens is 1. The number of nitrogens with zero attached hydrogens (tertiary/aromatic N) is 2. The van der Waals surface area contributed by atoms with Gasteiger partial charge in [-0.15, -0.1) is 0 Å². The van der Waals surface area contributed by atoms with E-state index < -0.39 is 12.1 Å². The SMILES string of the molecule is CCNC(=O)Nc1ccc([C@@H](O)[C@H]2COCC(=O)N2Cc2ccccn2)cc1. The van der Waals surface area contributed by atoms with Gasteiger partial charge in [0.15, 0.2) is 0 Å². The summed E-state index contributed by atoms with van der Waals surface area (Å²) >= 11 is 0. The van der Waals surface area contributed by atoms with Gasteiger partial charge in [0, 0.05) is 18.4 Å². The minimum Gasteiger partial charge on any atom is -0.386 e. The first-order valence-corrected chi connectivity index (χ1v) is 9.18. The number of benzene rings is 1. The molecule has 28 heavy (non-hydrogen) atoms. The minimum atomic E-state index is -0.925. The molecule has 8 heteroatoms. The normalized spacial score (nSPS) is 17.9. The number of hydrogen-bond donors (Lipinski definition) is 3. The van der Waals surface area contributed by atoms with Crippen molar-refractivity contribution in [2.24, 2.45) is 0 Å². The van der Waals surface area contributed by atoms with Gasteiger partial charge in [-0.3, -0.25) is 9.78 Å². The predicted molar refractivity (Wildman–Crippen MR) is 103 cm³/mol. The van der Waals surface area contributed by atoms with E-state index in [-0.39, 0.29) is 25.2 Å². The molecule has 2 heterocycles. The first kappa shape index (κ1) is 19.8. The summed E-state index contributed by atoms with van der Waals surface area (Å²) in [5.74, 6) is -0.185. The molecule has 3 rings (SSSR count). The first-order chi connectivity index (χ1) is 13.6. The van der Waals surface area contributed by atoms with Crippen molar-refractivity contribution in [3.8, 4) is 0 Å². The molecular weight excluding hydrogens is 360 g/mol. The van der Waals surface area contributed by atoms with Gasteiger partial charge in [-0.25, -0.2) is 4.79 Å². The molecule has 1 saturated heterocycles. The van der Waals surface area contributed by atoms with E-state index in [0.29, 0.717) is 24.3 Å². The molecule has 8 nitrogen and oxygen atoms in total. The van der Waals surface area contributed by atoms with Crippen molar-refractivity contribution < 1.29 is 19.4 Å². The standard InChI is InChI=1S/C20H24N4O4/c1-2-21-20(27)23-15-8-6-14(7-9-15)19(26)17-12-28-13-18(25)24(17)11-16-5-3-4-10-22-16/h3-10,17,19,26H,2,11-13H2,1H3,(H2,21,23,27)/t17-,19-/m1/s1. The van der Waals surface area contributed by atoms with Gasteiger partial charge in [-0.05, 0) is 36.8 Å². The van der Waals surface area contributed by atoms with Crippen molar-refractivity contribution in [1.29, 1.82) is 0 Å². The summed E-state index contributed by atoms with van der Waals surface area (Å²) in [7, 11) is 0. The molecule has 0 spiro atoms. The molecule has 0 saturated carbocycles. The number of rotatable bonds is 6. The second-order valence-electron chi connectivity index (χ2n) is 6.48. The largest absolute Gasteiger partial charge is 0.386 e. The van der Waals surface area contributed by atoms with E-state index in [4.69, 9.17) is 4.74 Å². The van der Waals surface area contributed by atoms with Gasteiger partial charge in [0.2, 0.25) is 5.91 Å². The van der Waals surface area contributed by atoms with Crippen LogP contribution in [0, 0.1) is 0 Å². The molecule has 2 aromatic rings. The lowest BCUT2D eigenvalue weighted by atomic mass is 9.99. The molecule has 3 N–H and O–H groups in total. The highest BCUT2D eigenvalue weighted by molar-refractivity contribution is 5.89. The fraction of sp³-hybridized carbons (Fsp3) is 0.350. The maximum Gasteiger partial charge on any atom is 0.319 e. The number of hydrogen-bond acceptors (Lipinski definition) is 5. The molecule has 2 atom stereocenters. The number of amides is 3. The molecule has 0 radical (unpaired) electrons. The van der Waals surface area contributed by atoms with Gasteiger partial charge in [0.25, 0.3) is 0 Å². The van der Waals surface area contributed by atoms with Crippen molar-refractivity contribution in [3.63, 3.8) is 0 Å². The predicted octanol–water partition coefficient (Wildman–Crippen LogP) is 1.68. The summed E-state index contributed by atoms with van der Waals surface area (Å²) < 4.78 is 5.37. The van der Waals surface area contributed by atoms with Gasteiger partial charge in [-0.1, -0.05) is 18.2 Å². The van der Waals surface area contributed by atoms with Gasteiger partial charge < -0.3 is 25.4 Å². The van der Waals surface area contributed by atoms with E-state index >= 15 is 0 Å². The van der Waals surface area contributed by atoms with E-state index in [1.165, 1.54) is 0 Å². The maximum absolute atomic E-state index is 12.4. The number of morpholine rings is 1. The summed E-state index contributed by atoms with van der Waals surface area (Å²) in [5.41, 5.74) is 2.00. The van der Waals surface area contributed by atoms with Crippen molar-refractivity contribution in [1.82, 2.24) is 15.2 Å². The van der Waals surface area contributed by atoms with Gasteiger partial charge in [0.1, 0.15) is 12.7 Å².